The number of piperazine rings is 1. The van der Waals surface area contributed by atoms with E-state index in [9.17, 15) is 17.8 Å². The van der Waals surface area contributed by atoms with Gasteiger partial charge in [0.25, 0.3) is 10.1 Å². The normalized spacial score (nSPS) is 23.3. The second-order valence-electron chi connectivity index (χ2n) is 10.4. The number of anilines is 1. The van der Waals surface area contributed by atoms with Crippen molar-refractivity contribution in [2.24, 2.45) is 0 Å². The fourth-order valence-electron chi connectivity index (χ4n) is 6.15. The van der Waals surface area contributed by atoms with Gasteiger partial charge in [-0.3, -0.25) is 14.2 Å². The van der Waals surface area contributed by atoms with Gasteiger partial charge in [-0.05, 0) is 55.8 Å². The lowest BCUT2D eigenvalue weighted by Gasteiger charge is -2.40. The monoisotopic (exact) mass is 547 g/mol. The van der Waals surface area contributed by atoms with Crippen LogP contribution in [0.2, 0.25) is 5.02 Å². The van der Waals surface area contributed by atoms with Crippen molar-refractivity contribution in [3.8, 4) is 0 Å². The molecule has 0 spiro atoms. The number of halogens is 1. The molecule has 3 heterocycles. The summed E-state index contributed by atoms with van der Waals surface area (Å²) < 4.78 is 32.1. The number of rotatable bonds is 7. The molecule has 1 aromatic heterocycles. The van der Waals surface area contributed by atoms with E-state index >= 15 is 0 Å². The molecule has 1 amide bonds. The number of nitrogens with zero attached hydrogens (tertiary/aromatic N) is 5. The molecule has 2 saturated heterocycles. The Morgan fingerprint density at radius 1 is 1.11 bits per heavy atom. The lowest BCUT2D eigenvalue weighted by Crippen LogP contribution is -2.53. The van der Waals surface area contributed by atoms with Gasteiger partial charge in [0.2, 0.25) is 5.91 Å². The highest BCUT2D eigenvalue weighted by Crippen LogP contribution is 2.38. The van der Waals surface area contributed by atoms with E-state index < -0.39 is 16.0 Å². The van der Waals surface area contributed by atoms with Gasteiger partial charge in [0.15, 0.2) is 0 Å². The van der Waals surface area contributed by atoms with Crippen LogP contribution in [0.3, 0.4) is 0 Å². The first-order chi connectivity index (χ1) is 17.7. The molecule has 3 aliphatic rings. The van der Waals surface area contributed by atoms with Gasteiger partial charge in [0.1, 0.15) is 12.1 Å². The highest BCUT2D eigenvalue weighted by Gasteiger charge is 2.40. The molecule has 1 N–H and O–H groups in total. The number of hydrogen-bond donors (Lipinski definition) is 1. The van der Waals surface area contributed by atoms with Gasteiger partial charge in [-0.1, -0.05) is 30.7 Å². The van der Waals surface area contributed by atoms with Gasteiger partial charge in [-0.25, -0.2) is 9.97 Å². The predicted octanol–water partition coefficient (Wildman–Crippen LogP) is 2.96. The van der Waals surface area contributed by atoms with Crippen LogP contribution in [0.25, 0.3) is 0 Å². The van der Waals surface area contributed by atoms with E-state index in [2.05, 4.69) is 21.8 Å². The average Bonchev–Trinajstić information content (AvgIpc) is 3.50. The van der Waals surface area contributed by atoms with Gasteiger partial charge >= 0.3 is 0 Å². The van der Waals surface area contributed by atoms with Crippen molar-refractivity contribution < 1.29 is 17.8 Å². The summed E-state index contributed by atoms with van der Waals surface area (Å²) in [6, 6.07) is 7.24. The first-order valence-electron chi connectivity index (χ1n) is 13.0. The largest absolute Gasteiger partial charge is 0.353 e. The van der Waals surface area contributed by atoms with Crippen molar-refractivity contribution in [1.82, 2.24) is 19.8 Å². The number of fused-ring (bicyclic) bond motifs is 1. The first kappa shape index (κ1) is 26.3. The quantitative estimate of drug-likeness (QED) is 0.527. The van der Waals surface area contributed by atoms with Gasteiger partial charge in [0.05, 0.1) is 11.7 Å². The summed E-state index contributed by atoms with van der Waals surface area (Å²) in [5.41, 5.74) is 3.27. The predicted molar refractivity (Wildman–Crippen MR) is 143 cm³/mol. The Balaban J connectivity index is 1.34. The first-order valence-corrected chi connectivity index (χ1v) is 15.0. The number of benzene rings is 1. The third kappa shape index (κ3) is 5.77. The molecule has 1 aromatic carbocycles. The molecule has 2 fully saturated rings. The molecule has 0 radical (unpaired) electrons. The van der Waals surface area contributed by atoms with E-state index in [0.29, 0.717) is 43.7 Å². The van der Waals surface area contributed by atoms with Crippen LogP contribution in [-0.2, 0) is 21.3 Å². The van der Waals surface area contributed by atoms with E-state index in [0.717, 1.165) is 42.8 Å². The number of likely N-dealkylation sites (tertiary alicyclic amines) is 1. The zero-order chi connectivity index (χ0) is 26.2. The summed E-state index contributed by atoms with van der Waals surface area (Å²) >= 11 is 6.14. The minimum Gasteiger partial charge on any atom is -0.353 e. The minimum absolute atomic E-state index is 0.0482. The minimum atomic E-state index is -4.08. The number of carbonyl (C=O) groups is 1. The van der Waals surface area contributed by atoms with E-state index in [4.69, 9.17) is 11.6 Å². The van der Waals surface area contributed by atoms with Crippen molar-refractivity contribution in [3.63, 3.8) is 0 Å². The molecule has 9 nitrogen and oxygen atoms in total. The molecule has 0 bridgehead atoms. The lowest BCUT2D eigenvalue weighted by molar-refractivity contribution is -0.134. The number of aryl methyl sites for hydroxylation is 1. The average molecular weight is 548 g/mol. The van der Waals surface area contributed by atoms with E-state index in [1.807, 2.05) is 21.9 Å². The summed E-state index contributed by atoms with van der Waals surface area (Å²) in [4.78, 5) is 29.4. The second-order valence-corrected chi connectivity index (χ2v) is 12.4. The molecule has 5 rings (SSSR count). The summed E-state index contributed by atoms with van der Waals surface area (Å²) in [6.45, 7) is 5.71. The second kappa shape index (κ2) is 10.8. The Kier molecular flexibility index (Phi) is 7.72. The van der Waals surface area contributed by atoms with Crippen LogP contribution < -0.4 is 4.90 Å². The zero-order valence-corrected chi connectivity index (χ0v) is 22.7. The lowest BCUT2D eigenvalue weighted by atomic mass is 9.88. The molecular formula is C26H34ClN5O4S. The number of hydrogen-bond acceptors (Lipinski definition) is 7. The highest BCUT2D eigenvalue weighted by molar-refractivity contribution is 7.85. The van der Waals surface area contributed by atoms with Crippen molar-refractivity contribution >= 4 is 33.4 Å². The Bertz CT molecular complexity index is 1230. The number of carbonyl (C=O) groups excluding carboxylic acids is 1. The molecule has 1 aliphatic carbocycles. The summed E-state index contributed by atoms with van der Waals surface area (Å²) in [7, 11) is -4.08. The van der Waals surface area contributed by atoms with Crippen LogP contribution in [0.15, 0.2) is 30.6 Å². The van der Waals surface area contributed by atoms with Crippen molar-refractivity contribution in [2.75, 3.05) is 49.9 Å². The number of aromatic nitrogens is 2. The van der Waals surface area contributed by atoms with Crippen LogP contribution in [-0.4, -0.2) is 89.7 Å². The van der Waals surface area contributed by atoms with Crippen LogP contribution in [0.5, 0.6) is 0 Å². The zero-order valence-electron chi connectivity index (χ0n) is 21.1. The molecule has 11 heteroatoms. The Morgan fingerprint density at radius 3 is 2.54 bits per heavy atom. The third-order valence-corrected chi connectivity index (χ3v) is 9.02. The Morgan fingerprint density at radius 2 is 1.84 bits per heavy atom. The molecule has 0 saturated carbocycles. The maximum absolute atomic E-state index is 14.1. The van der Waals surface area contributed by atoms with Crippen molar-refractivity contribution in [3.05, 3.63) is 52.4 Å². The molecule has 3 atom stereocenters. The summed E-state index contributed by atoms with van der Waals surface area (Å²) in [5.74, 6) is 0.716. The van der Waals surface area contributed by atoms with E-state index in [1.54, 1.807) is 18.5 Å². The fraction of sp³-hybridized carbons (Fsp3) is 0.577. The van der Waals surface area contributed by atoms with Crippen molar-refractivity contribution in [1.29, 1.82) is 0 Å². The van der Waals surface area contributed by atoms with Crippen LogP contribution in [0.4, 0.5) is 5.82 Å². The molecule has 2 aliphatic heterocycles. The molecule has 3 unspecified atom stereocenters. The highest BCUT2D eigenvalue weighted by atomic mass is 35.5. The van der Waals surface area contributed by atoms with Crippen LogP contribution in [0.1, 0.15) is 54.8 Å². The van der Waals surface area contributed by atoms with Gasteiger partial charge in [0, 0.05) is 55.0 Å². The van der Waals surface area contributed by atoms with Gasteiger partial charge in [-0.15, -0.1) is 0 Å². The smallest absolute Gasteiger partial charge is 0.266 e. The molecule has 200 valence electrons. The molecule has 37 heavy (non-hydrogen) atoms. The Hall–Kier alpha value is -2.27. The maximum atomic E-state index is 14.1. The summed E-state index contributed by atoms with van der Waals surface area (Å²) in [5, 5.41) is 0.602. The standard InChI is InChI=1S/C26H34ClN5O4S/c1-18-4-9-21-23(18)25(29-17-28-21)31-11-13-32(14-12-31)26(33)24(19-5-7-20(27)8-6-19)22-3-2-10-30(22)15-16-37(34,35)36/h5-8,17-18,22,24H,2-4,9-16H2,1H3,(H,34,35,36). The van der Waals surface area contributed by atoms with Gasteiger partial charge in [-0.2, -0.15) is 8.42 Å². The number of amides is 1. The van der Waals surface area contributed by atoms with Gasteiger partial charge < -0.3 is 9.80 Å². The summed E-state index contributed by atoms with van der Waals surface area (Å²) in [6.07, 6.45) is 5.40. The topological polar surface area (TPSA) is 107 Å². The van der Waals surface area contributed by atoms with Crippen LogP contribution in [0, 0.1) is 0 Å². The fourth-order valence-corrected chi connectivity index (χ4v) is 6.74. The van der Waals surface area contributed by atoms with Crippen molar-refractivity contribution in [2.45, 2.75) is 50.5 Å². The SMILES string of the molecule is CC1CCc2ncnc(N3CCN(C(=O)C(c4ccc(Cl)cc4)C4CCCN4CCS(=O)(=O)O)CC3)c21. The molecule has 2 aromatic rings. The maximum Gasteiger partial charge on any atom is 0.266 e. The van der Waals surface area contributed by atoms with Crippen LogP contribution >= 0.6 is 11.6 Å². The third-order valence-electron chi connectivity index (χ3n) is 8.07. The Labute approximate surface area is 223 Å². The molecular weight excluding hydrogens is 514 g/mol. The van der Waals surface area contributed by atoms with E-state index in [-0.39, 0.29) is 24.2 Å². The van der Waals surface area contributed by atoms with E-state index in [1.165, 1.54) is 5.56 Å².